The van der Waals surface area contributed by atoms with Crippen molar-refractivity contribution < 1.29 is 0 Å². The van der Waals surface area contributed by atoms with Crippen LogP contribution in [-0.4, -0.2) is 23.7 Å². The van der Waals surface area contributed by atoms with Crippen molar-refractivity contribution in [1.82, 2.24) is 5.32 Å². The Kier molecular flexibility index (Phi) is 7.23. The van der Waals surface area contributed by atoms with Gasteiger partial charge < -0.3 is 10.6 Å². The average Bonchev–Trinajstić information content (AvgIpc) is 2.37. The molecule has 2 N–H and O–H groups in total. The summed E-state index contributed by atoms with van der Waals surface area (Å²) in [7, 11) is 0. The lowest BCUT2D eigenvalue weighted by Crippen LogP contribution is -2.29. The third-order valence-corrected chi connectivity index (χ3v) is 3.25. The van der Waals surface area contributed by atoms with Gasteiger partial charge in [0.15, 0.2) is 5.11 Å². The van der Waals surface area contributed by atoms with Crippen LogP contribution in [0.1, 0.15) is 12.0 Å². The van der Waals surface area contributed by atoms with Crippen LogP contribution in [0, 0.1) is 11.3 Å². The summed E-state index contributed by atoms with van der Waals surface area (Å²) in [5.41, 5.74) is 1.96. The van der Waals surface area contributed by atoms with Crippen LogP contribution in [0.2, 0.25) is 0 Å². The fourth-order valence-corrected chi connectivity index (χ4v) is 2.04. The Bertz CT molecular complexity index is 409. The van der Waals surface area contributed by atoms with Gasteiger partial charge in [-0.3, -0.25) is 0 Å². The molecule has 0 bridgehead atoms. The smallest absolute Gasteiger partial charge is 0.170 e. The molecule has 0 aliphatic rings. The van der Waals surface area contributed by atoms with Crippen molar-refractivity contribution in [2.24, 2.45) is 0 Å². The Balaban J connectivity index is 2.33. The van der Waals surface area contributed by atoms with Gasteiger partial charge in [0.05, 0.1) is 12.5 Å². The Morgan fingerprint density at radius 1 is 1.39 bits per heavy atom. The number of nitrogens with zero attached hydrogens (tertiary/aromatic N) is 1. The van der Waals surface area contributed by atoms with E-state index in [0.717, 1.165) is 30.0 Å². The van der Waals surface area contributed by atoms with Crippen LogP contribution in [0.3, 0.4) is 0 Å². The Labute approximate surface area is 118 Å². The molecule has 0 fully saturated rings. The molecule has 0 aromatic heterocycles. The molecule has 0 atom stereocenters. The number of nitriles is 1. The SMILES string of the molecule is CSCCCNC(=S)Nc1ccc(CC#N)cc1. The Hall–Kier alpha value is -1.25. The van der Waals surface area contributed by atoms with Gasteiger partial charge in [-0.05, 0) is 48.3 Å². The van der Waals surface area contributed by atoms with E-state index in [9.17, 15) is 0 Å². The standard InChI is InChI=1S/C13H17N3S2/c1-18-10-2-9-15-13(17)16-12-5-3-11(4-6-12)7-8-14/h3-6H,2,7,9-10H2,1H3,(H2,15,16,17). The highest BCUT2D eigenvalue weighted by Crippen LogP contribution is 2.09. The van der Waals surface area contributed by atoms with E-state index in [-0.39, 0.29) is 0 Å². The summed E-state index contributed by atoms with van der Waals surface area (Å²) in [6.07, 6.45) is 3.64. The van der Waals surface area contributed by atoms with Crippen LogP contribution >= 0.6 is 24.0 Å². The van der Waals surface area contributed by atoms with Crippen molar-refractivity contribution >= 4 is 34.8 Å². The number of hydrogen-bond donors (Lipinski definition) is 2. The van der Waals surface area contributed by atoms with Crippen LogP contribution < -0.4 is 10.6 Å². The number of nitrogens with one attached hydrogen (secondary N) is 2. The minimum absolute atomic E-state index is 0.442. The average molecular weight is 279 g/mol. The largest absolute Gasteiger partial charge is 0.362 e. The first-order chi connectivity index (χ1) is 8.76. The molecule has 0 heterocycles. The highest BCUT2D eigenvalue weighted by Gasteiger charge is 1.97. The van der Waals surface area contributed by atoms with Crippen molar-refractivity contribution in [3.8, 4) is 6.07 Å². The zero-order valence-electron chi connectivity index (χ0n) is 10.4. The van der Waals surface area contributed by atoms with Crippen LogP contribution in [0.4, 0.5) is 5.69 Å². The zero-order valence-corrected chi connectivity index (χ0v) is 12.0. The summed E-state index contributed by atoms with van der Waals surface area (Å²) in [4.78, 5) is 0. The first-order valence-electron chi connectivity index (χ1n) is 5.76. The zero-order chi connectivity index (χ0) is 13.2. The lowest BCUT2D eigenvalue weighted by molar-refractivity contribution is 0.855. The summed E-state index contributed by atoms with van der Waals surface area (Å²) in [6.45, 7) is 0.888. The third kappa shape index (κ3) is 5.89. The summed E-state index contributed by atoms with van der Waals surface area (Å²) in [6, 6.07) is 9.85. The topological polar surface area (TPSA) is 47.8 Å². The van der Waals surface area contributed by atoms with Crippen molar-refractivity contribution in [3.05, 3.63) is 29.8 Å². The lowest BCUT2D eigenvalue weighted by Gasteiger charge is -2.10. The molecule has 96 valence electrons. The number of rotatable bonds is 6. The lowest BCUT2D eigenvalue weighted by atomic mass is 10.1. The van der Waals surface area contributed by atoms with Gasteiger partial charge in [0.1, 0.15) is 0 Å². The van der Waals surface area contributed by atoms with E-state index in [1.807, 2.05) is 36.0 Å². The molecule has 1 aromatic rings. The normalized spacial score (nSPS) is 9.56. The van der Waals surface area contributed by atoms with Gasteiger partial charge in [0.2, 0.25) is 0 Å². The van der Waals surface area contributed by atoms with Crippen LogP contribution in [0.15, 0.2) is 24.3 Å². The molecule has 1 rings (SSSR count). The summed E-state index contributed by atoms with van der Waals surface area (Å²) in [5.74, 6) is 1.14. The van der Waals surface area contributed by atoms with E-state index < -0.39 is 0 Å². The molecule has 0 aliphatic heterocycles. The van der Waals surface area contributed by atoms with Gasteiger partial charge in [0.25, 0.3) is 0 Å². The minimum atomic E-state index is 0.442. The summed E-state index contributed by atoms with van der Waals surface area (Å²) >= 11 is 7.02. The van der Waals surface area contributed by atoms with E-state index in [1.54, 1.807) is 0 Å². The molecule has 0 unspecified atom stereocenters. The Morgan fingerprint density at radius 2 is 2.11 bits per heavy atom. The highest BCUT2D eigenvalue weighted by atomic mass is 32.2. The van der Waals surface area contributed by atoms with Gasteiger partial charge in [-0.2, -0.15) is 17.0 Å². The molecule has 0 aliphatic carbocycles. The molecule has 3 nitrogen and oxygen atoms in total. The highest BCUT2D eigenvalue weighted by molar-refractivity contribution is 7.98. The quantitative estimate of drug-likeness (QED) is 0.619. The van der Waals surface area contributed by atoms with Crippen LogP contribution in [0.25, 0.3) is 0 Å². The third-order valence-electron chi connectivity index (χ3n) is 2.31. The van der Waals surface area contributed by atoms with E-state index in [1.165, 1.54) is 0 Å². The second-order valence-electron chi connectivity index (χ2n) is 3.76. The summed E-state index contributed by atoms with van der Waals surface area (Å²) < 4.78 is 0. The monoisotopic (exact) mass is 279 g/mol. The maximum Gasteiger partial charge on any atom is 0.170 e. The second kappa shape index (κ2) is 8.78. The van der Waals surface area contributed by atoms with E-state index >= 15 is 0 Å². The van der Waals surface area contributed by atoms with E-state index in [2.05, 4.69) is 23.0 Å². The maximum atomic E-state index is 8.58. The molecule has 0 radical (unpaired) electrons. The van der Waals surface area contributed by atoms with E-state index in [0.29, 0.717) is 11.5 Å². The number of benzene rings is 1. The molecule has 0 amide bonds. The molecule has 5 heteroatoms. The molecule has 1 aromatic carbocycles. The van der Waals surface area contributed by atoms with E-state index in [4.69, 9.17) is 17.5 Å². The van der Waals surface area contributed by atoms with Gasteiger partial charge in [-0.25, -0.2) is 0 Å². The van der Waals surface area contributed by atoms with Crippen molar-refractivity contribution in [2.45, 2.75) is 12.8 Å². The first-order valence-corrected chi connectivity index (χ1v) is 7.56. The fraction of sp³-hybridized carbons (Fsp3) is 0.385. The van der Waals surface area contributed by atoms with Crippen LogP contribution in [-0.2, 0) is 6.42 Å². The van der Waals surface area contributed by atoms with Crippen LogP contribution in [0.5, 0.6) is 0 Å². The predicted octanol–water partition coefficient (Wildman–Crippen LogP) is 2.79. The van der Waals surface area contributed by atoms with Gasteiger partial charge >= 0.3 is 0 Å². The minimum Gasteiger partial charge on any atom is -0.362 e. The molecular weight excluding hydrogens is 262 g/mol. The molecule has 0 spiro atoms. The summed E-state index contributed by atoms with van der Waals surface area (Å²) in [5, 5.41) is 15.5. The molecule has 0 saturated heterocycles. The Morgan fingerprint density at radius 3 is 2.72 bits per heavy atom. The molecular formula is C13H17N3S2. The number of thioether (sulfide) groups is 1. The van der Waals surface area contributed by atoms with Gasteiger partial charge in [-0.1, -0.05) is 12.1 Å². The first kappa shape index (κ1) is 14.8. The van der Waals surface area contributed by atoms with Gasteiger partial charge in [0, 0.05) is 12.2 Å². The maximum absolute atomic E-state index is 8.58. The van der Waals surface area contributed by atoms with Crippen molar-refractivity contribution in [1.29, 1.82) is 5.26 Å². The second-order valence-corrected chi connectivity index (χ2v) is 5.15. The van der Waals surface area contributed by atoms with Gasteiger partial charge in [-0.15, -0.1) is 0 Å². The number of thiocarbonyl (C=S) groups is 1. The molecule has 18 heavy (non-hydrogen) atoms. The van der Waals surface area contributed by atoms with Crippen molar-refractivity contribution in [2.75, 3.05) is 23.9 Å². The number of anilines is 1. The number of hydrogen-bond acceptors (Lipinski definition) is 3. The fourth-order valence-electron chi connectivity index (χ4n) is 1.39. The molecule has 0 saturated carbocycles. The predicted molar refractivity (Wildman–Crippen MR) is 83.0 cm³/mol. The van der Waals surface area contributed by atoms with Crippen molar-refractivity contribution in [3.63, 3.8) is 0 Å².